The Balaban J connectivity index is 1.74. The largest absolute Gasteiger partial charge is 0.465 e. The summed E-state index contributed by atoms with van der Waals surface area (Å²) in [6.07, 6.45) is 0.779. The Hall–Kier alpha value is -2.45. The number of carbonyl (C=O) groups excluding carboxylic acids is 3. The lowest BCUT2D eigenvalue weighted by Gasteiger charge is -2.32. The van der Waals surface area contributed by atoms with Gasteiger partial charge in [-0.3, -0.25) is 9.59 Å². The van der Waals surface area contributed by atoms with Crippen molar-refractivity contribution >= 4 is 23.5 Å². The van der Waals surface area contributed by atoms with Gasteiger partial charge in [-0.15, -0.1) is 0 Å². The highest BCUT2D eigenvalue weighted by molar-refractivity contribution is 6.40. The van der Waals surface area contributed by atoms with Crippen molar-refractivity contribution in [1.82, 2.24) is 15.1 Å². The first kappa shape index (κ1) is 19.9. The number of carbonyl (C=O) groups is 3. The van der Waals surface area contributed by atoms with Gasteiger partial charge in [-0.05, 0) is 32.1 Å². The average Bonchev–Trinajstić information content (AvgIpc) is 2.66. The fourth-order valence-electron chi connectivity index (χ4n) is 2.72. The molecule has 8 nitrogen and oxygen atoms in total. The van der Waals surface area contributed by atoms with Crippen LogP contribution in [-0.2, 0) is 14.3 Å². The summed E-state index contributed by atoms with van der Waals surface area (Å²) >= 11 is 0. The lowest BCUT2D eigenvalue weighted by Crippen LogP contribution is -2.45. The van der Waals surface area contributed by atoms with E-state index < -0.39 is 17.8 Å². The summed E-state index contributed by atoms with van der Waals surface area (Å²) in [5.74, 6) is -2.10. The molecular weight excluding hydrogens is 336 g/mol. The smallest absolute Gasteiger partial charge is 0.339 e. The number of anilines is 1. The van der Waals surface area contributed by atoms with Gasteiger partial charge in [0.05, 0.1) is 18.4 Å². The number of nitrogens with zero attached hydrogens (tertiary/aromatic N) is 2. The van der Waals surface area contributed by atoms with Crippen LogP contribution in [0.1, 0.15) is 16.8 Å². The first-order valence-corrected chi connectivity index (χ1v) is 8.68. The summed E-state index contributed by atoms with van der Waals surface area (Å²) in [5.41, 5.74) is 0.447. The van der Waals surface area contributed by atoms with E-state index in [0.29, 0.717) is 6.54 Å². The molecule has 0 spiro atoms. The van der Waals surface area contributed by atoms with Crippen molar-refractivity contribution in [1.29, 1.82) is 0 Å². The van der Waals surface area contributed by atoms with E-state index in [1.807, 2.05) is 0 Å². The molecule has 0 saturated carbocycles. The Morgan fingerprint density at radius 2 is 1.77 bits per heavy atom. The van der Waals surface area contributed by atoms with Crippen molar-refractivity contribution < 1.29 is 19.1 Å². The summed E-state index contributed by atoms with van der Waals surface area (Å²) in [6, 6.07) is 6.39. The van der Waals surface area contributed by atoms with Crippen LogP contribution >= 0.6 is 0 Å². The maximum atomic E-state index is 12.0. The Bertz CT molecular complexity index is 642. The number of methoxy groups -OCH3 is 1. The van der Waals surface area contributed by atoms with E-state index in [-0.39, 0.29) is 11.3 Å². The molecule has 1 saturated heterocycles. The monoisotopic (exact) mass is 362 g/mol. The third kappa shape index (κ3) is 5.82. The molecule has 2 rings (SSSR count). The number of nitrogens with one attached hydrogen (secondary N) is 2. The van der Waals surface area contributed by atoms with Gasteiger partial charge >= 0.3 is 17.8 Å². The van der Waals surface area contributed by atoms with E-state index >= 15 is 0 Å². The third-order valence-electron chi connectivity index (χ3n) is 4.32. The van der Waals surface area contributed by atoms with Gasteiger partial charge in [0.1, 0.15) is 0 Å². The molecule has 1 aliphatic heterocycles. The second kappa shape index (κ2) is 9.88. The van der Waals surface area contributed by atoms with E-state index in [1.54, 1.807) is 18.2 Å². The van der Waals surface area contributed by atoms with E-state index in [9.17, 15) is 14.4 Å². The molecule has 0 radical (unpaired) electrons. The lowest BCUT2D eigenvalue weighted by molar-refractivity contribution is -0.136. The van der Waals surface area contributed by atoms with Crippen molar-refractivity contribution in [3.8, 4) is 0 Å². The van der Waals surface area contributed by atoms with Crippen molar-refractivity contribution in [3.63, 3.8) is 0 Å². The Morgan fingerprint density at radius 3 is 2.46 bits per heavy atom. The van der Waals surface area contributed by atoms with Crippen LogP contribution in [0.15, 0.2) is 24.3 Å². The normalized spacial score (nSPS) is 15.3. The molecule has 2 N–H and O–H groups in total. The summed E-state index contributed by atoms with van der Waals surface area (Å²) < 4.78 is 4.66. The van der Waals surface area contributed by atoms with Crippen molar-refractivity contribution in [2.24, 2.45) is 0 Å². The number of likely N-dealkylation sites (N-methyl/N-ethyl adjacent to an activating group) is 1. The van der Waals surface area contributed by atoms with Crippen LogP contribution in [0.2, 0.25) is 0 Å². The first-order valence-electron chi connectivity index (χ1n) is 8.68. The van der Waals surface area contributed by atoms with E-state index in [1.165, 1.54) is 13.2 Å². The molecule has 0 aliphatic carbocycles. The minimum Gasteiger partial charge on any atom is -0.465 e. The van der Waals surface area contributed by atoms with Crippen molar-refractivity contribution in [2.45, 2.75) is 6.42 Å². The number of para-hydroxylation sites is 1. The molecule has 142 valence electrons. The molecule has 1 heterocycles. The van der Waals surface area contributed by atoms with Crippen LogP contribution in [0.25, 0.3) is 0 Å². The zero-order chi connectivity index (χ0) is 18.9. The van der Waals surface area contributed by atoms with Gasteiger partial charge in [-0.25, -0.2) is 4.79 Å². The van der Waals surface area contributed by atoms with E-state index in [2.05, 4.69) is 32.2 Å². The predicted octanol–water partition coefficient (Wildman–Crippen LogP) is 0.165. The molecule has 2 amide bonds. The fourth-order valence-corrected chi connectivity index (χ4v) is 2.72. The molecule has 1 aliphatic rings. The number of amides is 2. The first-order chi connectivity index (χ1) is 12.5. The summed E-state index contributed by atoms with van der Waals surface area (Å²) in [7, 11) is 3.36. The van der Waals surface area contributed by atoms with Crippen LogP contribution < -0.4 is 10.6 Å². The summed E-state index contributed by atoms with van der Waals surface area (Å²) in [5, 5.41) is 5.06. The summed E-state index contributed by atoms with van der Waals surface area (Å²) in [4.78, 5) is 40.3. The molecular formula is C18H26N4O4. The van der Waals surface area contributed by atoms with Crippen molar-refractivity contribution in [3.05, 3.63) is 29.8 Å². The van der Waals surface area contributed by atoms with Crippen LogP contribution in [-0.4, -0.2) is 81.0 Å². The zero-order valence-corrected chi connectivity index (χ0v) is 15.3. The molecule has 26 heavy (non-hydrogen) atoms. The molecule has 0 bridgehead atoms. The number of esters is 1. The predicted molar refractivity (Wildman–Crippen MR) is 98.0 cm³/mol. The van der Waals surface area contributed by atoms with Crippen LogP contribution in [0.5, 0.6) is 0 Å². The molecule has 0 aromatic heterocycles. The van der Waals surface area contributed by atoms with Crippen LogP contribution in [0, 0.1) is 0 Å². The minimum absolute atomic E-state index is 0.200. The van der Waals surface area contributed by atoms with Gasteiger partial charge in [-0.2, -0.15) is 0 Å². The third-order valence-corrected chi connectivity index (χ3v) is 4.32. The maximum absolute atomic E-state index is 12.0. The number of ether oxygens (including phenoxy) is 1. The van der Waals surface area contributed by atoms with E-state index in [0.717, 1.165) is 39.1 Å². The van der Waals surface area contributed by atoms with Gasteiger partial charge in [0.25, 0.3) is 0 Å². The van der Waals surface area contributed by atoms with E-state index in [4.69, 9.17) is 0 Å². The number of benzene rings is 1. The fraction of sp³-hybridized carbons (Fsp3) is 0.500. The highest BCUT2D eigenvalue weighted by Gasteiger charge is 2.18. The summed E-state index contributed by atoms with van der Waals surface area (Å²) in [6.45, 7) is 5.46. The standard InChI is InChI=1S/C18H26N4O4/c1-21-10-12-22(13-11-21)9-5-8-19-16(23)17(24)20-15-7-4-3-6-14(15)18(25)26-2/h3-4,6-7H,5,8-13H2,1-2H3,(H,19,23)(H,20,24). The maximum Gasteiger partial charge on any atom is 0.339 e. The van der Waals surface area contributed by atoms with Gasteiger partial charge in [-0.1, -0.05) is 12.1 Å². The Morgan fingerprint density at radius 1 is 1.08 bits per heavy atom. The molecule has 1 aromatic rings. The number of piperazine rings is 1. The average molecular weight is 362 g/mol. The highest BCUT2D eigenvalue weighted by atomic mass is 16.5. The van der Waals surface area contributed by atoms with Crippen LogP contribution in [0.3, 0.4) is 0 Å². The Labute approximate surface area is 153 Å². The van der Waals surface area contributed by atoms with Gasteiger partial charge < -0.3 is 25.2 Å². The van der Waals surface area contributed by atoms with Gasteiger partial charge in [0.2, 0.25) is 0 Å². The quantitative estimate of drug-likeness (QED) is 0.426. The number of hydrogen-bond donors (Lipinski definition) is 2. The van der Waals surface area contributed by atoms with Gasteiger partial charge in [0.15, 0.2) is 0 Å². The second-order valence-electron chi connectivity index (χ2n) is 6.25. The molecule has 1 aromatic carbocycles. The Kier molecular flexibility index (Phi) is 7.55. The molecule has 8 heteroatoms. The number of rotatable bonds is 6. The molecule has 0 atom stereocenters. The topological polar surface area (TPSA) is 91.0 Å². The van der Waals surface area contributed by atoms with Crippen LogP contribution in [0.4, 0.5) is 5.69 Å². The zero-order valence-electron chi connectivity index (χ0n) is 15.3. The van der Waals surface area contributed by atoms with Gasteiger partial charge in [0, 0.05) is 32.7 Å². The molecule has 1 fully saturated rings. The van der Waals surface area contributed by atoms with Crippen molar-refractivity contribution in [2.75, 3.05) is 58.7 Å². The second-order valence-corrected chi connectivity index (χ2v) is 6.25. The highest BCUT2D eigenvalue weighted by Crippen LogP contribution is 2.15. The lowest BCUT2D eigenvalue weighted by atomic mass is 10.2. The number of hydrogen-bond acceptors (Lipinski definition) is 6. The minimum atomic E-state index is -0.805. The SMILES string of the molecule is COC(=O)c1ccccc1NC(=O)C(=O)NCCCN1CCN(C)CC1. The molecule has 0 unspecified atom stereocenters.